The Morgan fingerprint density at radius 3 is 2.82 bits per heavy atom. The second-order valence-electron chi connectivity index (χ2n) is 3.90. The molecule has 1 N–H and O–H groups in total. The predicted octanol–water partition coefficient (Wildman–Crippen LogP) is 1.51. The summed E-state index contributed by atoms with van der Waals surface area (Å²) >= 11 is 0. The van der Waals surface area contributed by atoms with Crippen LogP contribution in [0.4, 0.5) is 11.5 Å². The molecule has 1 rings (SSSR count). The number of anilines is 2. The molecule has 1 aromatic heterocycles. The molecule has 0 aliphatic carbocycles. The molecular weight excluding hydrogens is 218 g/mol. The SMILES string of the molecule is CCC(Nc1cccnc1N(C)C)C(=O)OC. The standard InChI is InChI=1S/C12H19N3O2/c1-5-9(12(16)17-4)14-10-7-6-8-13-11(10)15(2)3/h6-9,14H,5H2,1-4H3. The highest BCUT2D eigenvalue weighted by Gasteiger charge is 2.18. The summed E-state index contributed by atoms with van der Waals surface area (Å²) in [4.78, 5) is 17.7. The van der Waals surface area contributed by atoms with Gasteiger partial charge in [0.25, 0.3) is 0 Å². The lowest BCUT2D eigenvalue weighted by atomic mass is 10.2. The molecule has 94 valence electrons. The summed E-state index contributed by atoms with van der Waals surface area (Å²) < 4.78 is 4.74. The van der Waals surface area contributed by atoms with E-state index in [1.54, 1.807) is 6.20 Å². The molecule has 0 fully saturated rings. The molecule has 5 nitrogen and oxygen atoms in total. The second kappa shape index (κ2) is 6.08. The van der Waals surface area contributed by atoms with Crippen LogP contribution in [0.1, 0.15) is 13.3 Å². The van der Waals surface area contributed by atoms with Crippen molar-refractivity contribution in [3.05, 3.63) is 18.3 Å². The smallest absolute Gasteiger partial charge is 0.328 e. The molecule has 0 spiro atoms. The lowest BCUT2D eigenvalue weighted by molar-refractivity contribution is -0.141. The van der Waals surface area contributed by atoms with Crippen molar-refractivity contribution >= 4 is 17.5 Å². The van der Waals surface area contributed by atoms with E-state index >= 15 is 0 Å². The maximum Gasteiger partial charge on any atom is 0.328 e. The molecule has 0 bridgehead atoms. The minimum absolute atomic E-state index is 0.263. The highest BCUT2D eigenvalue weighted by Crippen LogP contribution is 2.21. The first-order chi connectivity index (χ1) is 8.10. The van der Waals surface area contributed by atoms with Crippen molar-refractivity contribution in [1.82, 2.24) is 4.98 Å². The maximum absolute atomic E-state index is 11.5. The number of rotatable bonds is 5. The van der Waals surface area contributed by atoms with Crippen LogP contribution in [0.25, 0.3) is 0 Å². The minimum atomic E-state index is -0.345. The van der Waals surface area contributed by atoms with Gasteiger partial charge >= 0.3 is 5.97 Å². The van der Waals surface area contributed by atoms with Crippen LogP contribution >= 0.6 is 0 Å². The summed E-state index contributed by atoms with van der Waals surface area (Å²) in [5, 5.41) is 3.15. The van der Waals surface area contributed by atoms with E-state index in [0.29, 0.717) is 6.42 Å². The van der Waals surface area contributed by atoms with Gasteiger partial charge in [0.1, 0.15) is 6.04 Å². The van der Waals surface area contributed by atoms with E-state index in [1.165, 1.54) is 7.11 Å². The predicted molar refractivity (Wildman–Crippen MR) is 68.3 cm³/mol. The van der Waals surface area contributed by atoms with Crippen LogP contribution in [0, 0.1) is 0 Å². The normalized spacial score (nSPS) is 11.8. The Labute approximate surface area is 102 Å². The van der Waals surface area contributed by atoms with Gasteiger partial charge in [0.2, 0.25) is 0 Å². The summed E-state index contributed by atoms with van der Waals surface area (Å²) in [7, 11) is 5.21. The highest BCUT2D eigenvalue weighted by atomic mass is 16.5. The van der Waals surface area contributed by atoms with Crippen molar-refractivity contribution in [3.8, 4) is 0 Å². The van der Waals surface area contributed by atoms with Gasteiger partial charge in [0.05, 0.1) is 12.8 Å². The minimum Gasteiger partial charge on any atom is -0.467 e. The number of carbonyl (C=O) groups excluding carboxylic acids is 1. The van der Waals surface area contributed by atoms with Crippen LogP contribution in [-0.4, -0.2) is 38.2 Å². The average molecular weight is 237 g/mol. The van der Waals surface area contributed by atoms with Crippen molar-refractivity contribution in [2.45, 2.75) is 19.4 Å². The molecule has 0 aliphatic heterocycles. The second-order valence-corrected chi connectivity index (χ2v) is 3.90. The molecule has 1 atom stereocenters. The van der Waals surface area contributed by atoms with Crippen LogP contribution in [0.3, 0.4) is 0 Å². The molecule has 0 aliphatic rings. The van der Waals surface area contributed by atoms with Crippen molar-refractivity contribution < 1.29 is 9.53 Å². The fourth-order valence-corrected chi connectivity index (χ4v) is 1.52. The van der Waals surface area contributed by atoms with Gasteiger partial charge in [-0.3, -0.25) is 0 Å². The largest absolute Gasteiger partial charge is 0.467 e. The molecular formula is C12H19N3O2. The van der Waals surface area contributed by atoms with Crippen LogP contribution < -0.4 is 10.2 Å². The first-order valence-corrected chi connectivity index (χ1v) is 5.56. The van der Waals surface area contributed by atoms with Gasteiger partial charge < -0.3 is 15.0 Å². The van der Waals surface area contributed by atoms with Crippen LogP contribution in [-0.2, 0) is 9.53 Å². The molecule has 17 heavy (non-hydrogen) atoms. The Morgan fingerprint density at radius 1 is 1.59 bits per heavy atom. The lowest BCUT2D eigenvalue weighted by Crippen LogP contribution is -2.30. The van der Waals surface area contributed by atoms with Gasteiger partial charge in [-0.05, 0) is 18.6 Å². The molecule has 1 aromatic rings. The number of esters is 1. The monoisotopic (exact) mass is 237 g/mol. The van der Waals surface area contributed by atoms with E-state index < -0.39 is 0 Å². The van der Waals surface area contributed by atoms with E-state index in [0.717, 1.165) is 11.5 Å². The molecule has 0 saturated heterocycles. The van der Waals surface area contributed by atoms with E-state index in [4.69, 9.17) is 4.74 Å². The van der Waals surface area contributed by atoms with Gasteiger partial charge in [-0.25, -0.2) is 9.78 Å². The van der Waals surface area contributed by atoms with Gasteiger partial charge in [-0.2, -0.15) is 0 Å². The fourth-order valence-electron chi connectivity index (χ4n) is 1.52. The van der Waals surface area contributed by atoms with E-state index in [-0.39, 0.29) is 12.0 Å². The number of nitrogens with one attached hydrogen (secondary N) is 1. The van der Waals surface area contributed by atoms with Crippen LogP contribution in [0.15, 0.2) is 18.3 Å². The molecule has 0 amide bonds. The summed E-state index contributed by atoms with van der Waals surface area (Å²) in [5.41, 5.74) is 0.828. The van der Waals surface area contributed by atoms with Gasteiger partial charge in [-0.15, -0.1) is 0 Å². The van der Waals surface area contributed by atoms with Crippen LogP contribution in [0.2, 0.25) is 0 Å². The Kier molecular flexibility index (Phi) is 4.75. The molecule has 5 heteroatoms. The third-order valence-electron chi connectivity index (χ3n) is 2.43. The zero-order chi connectivity index (χ0) is 12.8. The summed E-state index contributed by atoms with van der Waals surface area (Å²) in [6.45, 7) is 1.93. The molecule has 1 heterocycles. The van der Waals surface area contributed by atoms with Crippen molar-refractivity contribution in [2.75, 3.05) is 31.4 Å². The number of pyridine rings is 1. The summed E-state index contributed by atoms with van der Waals surface area (Å²) in [5.74, 6) is 0.538. The zero-order valence-electron chi connectivity index (χ0n) is 10.7. The summed E-state index contributed by atoms with van der Waals surface area (Å²) in [6, 6.07) is 3.38. The zero-order valence-corrected chi connectivity index (χ0v) is 10.7. The highest BCUT2D eigenvalue weighted by molar-refractivity contribution is 5.80. The first kappa shape index (κ1) is 13.3. The molecule has 0 aromatic carbocycles. The van der Waals surface area contributed by atoms with Crippen molar-refractivity contribution in [2.24, 2.45) is 0 Å². The number of aromatic nitrogens is 1. The fraction of sp³-hybridized carbons (Fsp3) is 0.500. The number of carbonyl (C=O) groups is 1. The van der Waals surface area contributed by atoms with Crippen molar-refractivity contribution in [1.29, 1.82) is 0 Å². The molecule has 0 radical (unpaired) electrons. The van der Waals surface area contributed by atoms with E-state index in [9.17, 15) is 4.79 Å². The van der Waals surface area contributed by atoms with E-state index in [2.05, 4.69) is 10.3 Å². The Bertz CT molecular complexity index is 380. The Hall–Kier alpha value is -1.78. The quantitative estimate of drug-likeness (QED) is 0.787. The number of ether oxygens (including phenoxy) is 1. The van der Waals surface area contributed by atoms with Crippen LogP contribution in [0.5, 0.6) is 0 Å². The van der Waals surface area contributed by atoms with Gasteiger partial charge in [0, 0.05) is 20.3 Å². The maximum atomic E-state index is 11.5. The summed E-state index contributed by atoms with van der Waals surface area (Å²) in [6.07, 6.45) is 2.38. The Balaban J connectivity index is 2.89. The lowest BCUT2D eigenvalue weighted by Gasteiger charge is -2.20. The Morgan fingerprint density at radius 2 is 2.29 bits per heavy atom. The molecule has 1 unspecified atom stereocenters. The topological polar surface area (TPSA) is 54.5 Å². The number of hydrogen-bond acceptors (Lipinski definition) is 5. The number of nitrogens with zero attached hydrogens (tertiary/aromatic N) is 2. The van der Waals surface area contributed by atoms with Crippen molar-refractivity contribution in [3.63, 3.8) is 0 Å². The number of hydrogen-bond donors (Lipinski definition) is 1. The number of methoxy groups -OCH3 is 1. The average Bonchev–Trinajstić information content (AvgIpc) is 2.35. The van der Waals surface area contributed by atoms with Gasteiger partial charge in [-0.1, -0.05) is 6.92 Å². The van der Waals surface area contributed by atoms with Gasteiger partial charge in [0.15, 0.2) is 5.82 Å². The molecule has 0 saturated carbocycles. The first-order valence-electron chi connectivity index (χ1n) is 5.56. The van der Waals surface area contributed by atoms with E-state index in [1.807, 2.05) is 38.1 Å². The third kappa shape index (κ3) is 3.34. The third-order valence-corrected chi connectivity index (χ3v) is 2.43.